The molecule has 9 nitrogen and oxygen atoms in total. The first-order chi connectivity index (χ1) is 12.7. The average Bonchev–Trinajstić information content (AvgIpc) is 2.61. The van der Waals surface area contributed by atoms with E-state index in [-0.39, 0.29) is 12.0 Å². The molecule has 2 saturated heterocycles. The van der Waals surface area contributed by atoms with E-state index in [1.165, 1.54) is 6.92 Å². The Labute approximate surface area is 159 Å². The fourth-order valence-electron chi connectivity index (χ4n) is 3.96. The lowest BCUT2D eigenvalue weighted by molar-refractivity contribution is -0.317. The molecule has 9 heteroatoms. The molecule has 154 valence electrons. The van der Waals surface area contributed by atoms with Gasteiger partial charge in [-0.2, -0.15) is 0 Å². The van der Waals surface area contributed by atoms with Crippen LogP contribution in [0.4, 0.5) is 0 Å². The smallest absolute Gasteiger partial charge is 0.303 e. The van der Waals surface area contributed by atoms with E-state index in [4.69, 9.17) is 24.5 Å². The highest BCUT2D eigenvalue weighted by Gasteiger charge is 2.49. The van der Waals surface area contributed by atoms with Gasteiger partial charge in [0, 0.05) is 17.8 Å². The Kier molecular flexibility index (Phi) is 7.47. The second-order valence-electron chi connectivity index (χ2n) is 7.63. The molecule has 0 radical (unpaired) electrons. The zero-order chi connectivity index (χ0) is 20.3. The number of nitrogens with zero attached hydrogens (tertiary/aromatic N) is 3. The van der Waals surface area contributed by atoms with Crippen molar-refractivity contribution in [2.45, 2.75) is 91.0 Å². The Bertz CT molecular complexity index is 567. The number of rotatable bonds is 5. The number of hydrogen-bond acceptors (Lipinski definition) is 7. The van der Waals surface area contributed by atoms with Crippen LogP contribution < -0.4 is 0 Å². The normalized spacial score (nSPS) is 45.0. The number of azide groups is 1. The van der Waals surface area contributed by atoms with Crippen molar-refractivity contribution in [1.82, 2.24) is 0 Å². The van der Waals surface area contributed by atoms with Gasteiger partial charge in [-0.25, -0.2) is 0 Å². The Hall–Kier alpha value is -1.38. The molecule has 0 aromatic rings. The largest absolute Gasteiger partial charge is 0.459 e. The van der Waals surface area contributed by atoms with Crippen LogP contribution in [0.3, 0.4) is 0 Å². The summed E-state index contributed by atoms with van der Waals surface area (Å²) in [7, 11) is 0. The molecule has 5 unspecified atom stereocenters. The minimum atomic E-state index is -1.38. The predicted octanol–water partition coefficient (Wildman–Crippen LogP) is 2.76. The second kappa shape index (κ2) is 9.21. The molecule has 0 aliphatic carbocycles. The van der Waals surface area contributed by atoms with Crippen molar-refractivity contribution in [2.24, 2.45) is 22.9 Å². The molecule has 2 aliphatic rings. The molecule has 0 spiro atoms. The summed E-state index contributed by atoms with van der Waals surface area (Å²) in [5, 5.41) is 13.7. The predicted molar refractivity (Wildman–Crippen MR) is 96.4 cm³/mol. The number of ether oxygens (including phenoxy) is 4. The van der Waals surface area contributed by atoms with E-state index >= 15 is 0 Å². The summed E-state index contributed by atoms with van der Waals surface area (Å²) in [5.74, 6) is 0.322. The maximum absolute atomic E-state index is 11.6. The van der Waals surface area contributed by atoms with E-state index in [2.05, 4.69) is 37.7 Å². The summed E-state index contributed by atoms with van der Waals surface area (Å²) < 4.78 is 23.2. The number of carbonyl (C=O) groups excluding carboxylic acids is 1. The molecule has 0 aromatic heterocycles. The maximum Gasteiger partial charge on any atom is 0.303 e. The number of hydrogen-bond donors (Lipinski definition) is 1. The van der Waals surface area contributed by atoms with Gasteiger partial charge in [-0.1, -0.05) is 32.8 Å². The molecular formula is C18H31N3O6. The molecule has 27 heavy (non-hydrogen) atoms. The third-order valence-corrected chi connectivity index (χ3v) is 5.93. The van der Waals surface area contributed by atoms with Gasteiger partial charge in [0.1, 0.15) is 18.2 Å². The minimum Gasteiger partial charge on any atom is -0.459 e. The number of aliphatic hydroxyl groups excluding tert-OH is 1. The van der Waals surface area contributed by atoms with Crippen molar-refractivity contribution in [3.05, 3.63) is 10.4 Å². The molecule has 2 rings (SSSR count). The van der Waals surface area contributed by atoms with Gasteiger partial charge in [-0.15, -0.1) is 0 Å². The SMILES string of the molecule is CCC1O[C@@H](O[C@@H]2C(C)OC(O)C(N=[N+]=[N-])[C@H]2OC(C)=O)C(C)[C@@H](C)[C@@H]1C. The van der Waals surface area contributed by atoms with E-state index < -0.39 is 42.9 Å². The van der Waals surface area contributed by atoms with Gasteiger partial charge in [0.25, 0.3) is 0 Å². The Balaban J connectivity index is 2.26. The van der Waals surface area contributed by atoms with E-state index in [0.29, 0.717) is 11.8 Å². The molecule has 10 atom stereocenters. The zero-order valence-electron chi connectivity index (χ0n) is 16.8. The lowest BCUT2D eigenvalue weighted by atomic mass is 9.78. The van der Waals surface area contributed by atoms with Crippen molar-refractivity contribution < 1.29 is 28.8 Å². The second-order valence-corrected chi connectivity index (χ2v) is 7.63. The van der Waals surface area contributed by atoms with Gasteiger partial charge in [-0.3, -0.25) is 4.79 Å². The lowest BCUT2D eigenvalue weighted by Gasteiger charge is -2.47. The van der Waals surface area contributed by atoms with Gasteiger partial charge >= 0.3 is 5.97 Å². The Morgan fingerprint density at radius 2 is 1.81 bits per heavy atom. The molecule has 0 aromatic carbocycles. The number of esters is 1. The molecule has 0 saturated carbocycles. The third kappa shape index (κ3) is 4.73. The van der Waals surface area contributed by atoms with Gasteiger partial charge in [0.05, 0.1) is 12.2 Å². The molecule has 1 N–H and O–H groups in total. The fraction of sp³-hybridized carbons (Fsp3) is 0.944. The van der Waals surface area contributed by atoms with Crippen LogP contribution in [0.1, 0.15) is 48.0 Å². The van der Waals surface area contributed by atoms with E-state index in [9.17, 15) is 9.90 Å². The maximum atomic E-state index is 11.6. The van der Waals surface area contributed by atoms with E-state index in [0.717, 1.165) is 6.42 Å². The highest BCUT2D eigenvalue weighted by Crippen LogP contribution is 2.38. The van der Waals surface area contributed by atoms with Gasteiger partial charge in [0.2, 0.25) is 0 Å². The van der Waals surface area contributed by atoms with Crippen LogP contribution >= 0.6 is 0 Å². The van der Waals surface area contributed by atoms with Crippen LogP contribution in [0.25, 0.3) is 10.4 Å². The highest BCUT2D eigenvalue weighted by atomic mass is 16.7. The van der Waals surface area contributed by atoms with Crippen LogP contribution in [-0.4, -0.2) is 54.1 Å². The Morgan fingerprint density at radius 1 is 1.15 bits per heavy atom. The standard InChI is InChI=1S/C18H31N3O6/c1-7-13-9(3)8(2)10(4)18(26-13)27-15-11(5)24-17(23)14(20-21-19)16(15)25-12(6)22/h8-11,13-18,23H,7H2,1-6H3/t8-,9-,10?,11?,13?,14?,15+,16+,17?,18-/m0/s1. The Morgan fingerprint density at radius 3 is 2.37 bits per heavy atom. The van der Waals surface area contributed by atoms with Crippen LogP contribution in [0.2, 0.25) is 0 Å². The fourth-order valence-corrected chi connectivity index (χ4v) is 3.96. The van der Waals surface area contributed by atoms with Gasteiger partial charge in [-0.05, 0) is 30.7 Å². The van der Waals surface area contributed by atoms with Crippen molar-refractivity contribution in [1.29, 1.82) is 0 Å². The van der Waals surface area contributed by atoms with E-state index in [1.54, 1.807) is 6.92 Å². The first-order valence-electron chi connectivity index (χ1n) is 9.57. The summed E-state index contributed by atoms with van der Waals surface area (Å²) in [6.45, 7) is 11.5. The lowest BCUT2D eigenvalue weighted by Crippen LogP contribution is -2.60. The summed E-state index contributed by atoms with van der Waals surface area (Å²) in [4.78, 5) is 14.3. The van der Waals surface area contributed by atoms with E-state index in [1.807, 2.05) is 0 Å². The molecular weight excluding hydrogens is 354 g/mol. The zero-order valence-corrected chi connectivity index (χ0v) is 16.8. The highest BCUT2D eigenvalue weighted by molar-refractivity contribution is 5.66. The monoisotopic (exact) mass is 385 g/mol. The van der Waals surface area contributed by atoms with Crippen LogP contribution in [-0.2, 0) is 23.7 Å². The van der Waals surface area contributed by atoms with Crippen LogP contribution in [0.5, 0.6) is 0 Å². The summed E-state index contributed by atoms with van der Waals surface area (Å²) >= 11 is 0. The third-order valence-electron chi connectivity index (χ3n) is 5.93. The number of aliphatic hydroxyl groups is 1. The van der Waals surface area contributed by atoms with Crippen molar-refractivity contribution in [2.75, 3.05) is 0 Å². The molecule has 0 bridgehead atoms. The molecule has 2 fully saturated rings. The summed E-state index contributed by atoms with van der Waals surface area (Å²) in [6.07, 6.45) is -3.26. The molecule has 2 heterocycles. The molecule has 2 aliphatic heterocycles. The quantitative estimate of drug-likeness (QED) is 0.336. The first kappa shape index (κ1) is 21.9. The molecule has 0 amide bonds. The van der Waals surface area contributed by atoms with Crippen LogP contribution in [0.15, 0.2) is 5.11 Å². The average molecular weight is 385 g/mol. The first-order valence-corrected chi connectivity index (χ1v) is 9.57. The minimum absolute atomic E-state index is 0.0618. The van der Waals surface area contributed by atoms with Crippen molar-refractivity contribution in [3.8, 4) is 0 Å². The van der Waals surface area contributed by atoms with Gasteiger partial charge < -0.3 is 24.1 Å². The van der Waals surface area contributed by atoms with Crippen molar-refractivity contribution >= 4 is 5.97 Å². The summed E-state index contributed by atoms with van der Waals surface area (Å²) in [6, 6.07) is -1.10. The summed E-state index contributed by atoms with van der Waals surface area (Å²) in [5.41, 5.74) is 8.82. The van der Waals surface area contributed by atoms with Gasteiger partial charge in [0.15, 0.2) is 12.6 Å². The van der Waals surface area contributed by atoms with Crippen molar-refractivity contribution in [3.63, 3.8) is 0 Å². The topological polar surface area (TPSA) is 123 Å². The van der Waals surface area contributed by atoms with Crippen LogP contribution in [0, 0.1) is 17.8 Å². The number of carbonyl (C=O) groups is 1.